The van der Waals surface area contributed by atoms with Crippen molar-refractivity contribution >= 4 is 5.91 Å². The lowest BCUT2D eigenvalue weighted by Crippen LogP contribution is -2.41. The van der Waals surface area contributed by atoms with Crippen molar-refractivity contribution in [2.45, 2.75) is 38.6 Å². The molecule has 1 N–H and O–H groups in total. The topological polar surface area (TPSA) is 32.3 Å². The average Bonchev–Trinajstić information content (AvgIpc) is 2.48. The van der Waals surface area contributed by atoms with Gasteiger partial charge in [-0.05, 0) is 43.4 Å². The highest BCUT2D eigenvalue weighted by atomic mass is 19.1. The minimum atomic E-state index is -0.231. The predicted molar refractivity (Wildman–Crippen MR) is 77.9 cm³/mol. The number of hydrogen-bond donors (Lipinski definition) is 1. The van der Waals surface area contributed by atoms with Crippen molar-refractivity contribution in [1.29, 1.82) is 0 Å². The molecule has 0 aromatic heterocycles. The normalized spacial score (nSPS) is 17.0. The maximum absolute atomic E-state index is 13.3. The van der Waals surface area contributed by atoms with Crippen LogP contribution in [0.2, 0.25) is 0 Å². The number of amides is 1. The van der Waals surface area contributed by atoms with E-state index in [-0.39, 0.29) is 17.8 Å². The van der Waals surface area contributed by atoms with Gasteiger partial charge in [-0.15, -0.1) is 0 Å². The Labute approximate surface area is 120 Å². The van der Waals surface area contributed by atoms with Crippen LogP contribution in [0.3, 0.4) is 0 Å². The molecule has 1 heterocycles. The summed E-state index contributed by atoms with van der Waals surface area (Å²) in [5.41, 5.74) is 0.902. The zero-order valence-electron chi connectivity index (χ0n) is 12.1. The molecule has 1 unspecified atom stereocenters. The Morgan fingerprint density at radius 2 is 2.10 bits per heavy atom. The molecule has 1 fully saturated rings. The van der Waals surface area contributed by atoms with E-state index in [0.29, 0.717) is 6.54 Å². The highest BCUT2D eigenvalue weighted by Gasteiger charge is 2.18. The summed E-state index contributed by atoms with van der Waals surface area (Å²) in [7, 11) is 0. The molecule has 0 bridgehead atoms. The average molecular weight is 278 g/mol. The van der Waals surface area contributed by atoms with Crippen LogP contribution in [0.4, 0.5) is 4.39 Å². The number of nitrogens with one attached hydrogen (secondary N) is 1. The second-order valence-electron chi connectivity index (χ2n) is 5.34. The summed E-state index contributed by atoms with van der Waals surface area (Å²) < 4.78 is 13.3. The first kappa shape index (κ1) is 15.0. The Morgan fingerprint density at radius 3 is 2.75 bits per heavy atom. The fourth-order valence-electron chi connectivity index (χ4n) is 2.69. The lowest BCUT2D eigenvalue weighted by Gasteiger charge is -2.27. The summed E-state index contributed by atoms with van der Waals surface area (Å²) in [4.78, 5) is 14.0. The molecule has 4 heteroatoms. The molecule has 1 atom stereocenters. The Hall–Kier alpha value is -1.42. The van der Waals surface area contributed by atoms with Crippen LogP contribution in [0, 0.1) is 5.82 Å². The first-order valence-corrected chi connectivity index (χ1v) is 7.47. The highest BCUT2D eigenvalue weighted by Crippen LogP contribution is 2.17. The number of carbonyl (C=O) groups excluding carboxylic acids is 1. The van der Waals surface area contributed by atoms with Crippen LogP contribution >= 0.6 is 0 Å². The van der Waals surface area contributed by atoms with Crippen molar-refractivity contribution in [2.24, 2.45) is 0 Å². The minimum absolute atomic E-state index is 0.0273. The van der Waals surface area contributed by atoms with Gasteiger partial charge in [0.15, 0.2) is 0 Å². The van der Waals surface area contributed by atoms with E-state index in [4.69, 9.17) is 0 Å². The number of benzene rings is 1. The quantitative estimate of drug-likeness (QED) is 0.898. The van der Waals surface area contributed by atoms with Crippen LogP contribution in [0.15, 0.2) is 24.3 Å². The molecule has 1 aliphatic rings. The van der Waals surface area contributed by atoms with Gasteiger partial charge in [0.2, 0.25) is 5.91 Å². The van der Waals surface area contributed by atoms with Crippen LogP contribution < -0.4 is 5.32 Å². The van der Waals surface area contributed by atoms with Crippen LogP contribution in [0.5, 0.6) is 0 Å². The van der Waals surface area contributed by atoms with Gasteiger partial charge in [-0.25, -0.2) is 4.39 Å². The van der Waals surface area contributed by atoms with Gasteiger partial charge in [0.05, 0.1) is 6.54 Å². The fraction of sp³-hybridized carbons (Fsp3) is 0.562. The number of hydrogen-bond acceptors (Lipinski definition) is 2. The van der Waals surface area contributed by atoms with Crippen LogP contribution in [0.1, 0.15) is 44.2 Å². The lowest BCUT2D eigenvalue weighted by atomic mass is 10.0. The van der Waals surface area contributed by atoms with Crippen LogP contribution in [-0.2, 0) is 4.79 Å². The Morgan fingerprint density at radius 1 is 1.35 bits per heavy atom. The summed E-state index contributed by atoms with van der Waals surface area (Å²) in [6.07, 6.45) is 4.26. The highest BCUT2D eigenvalue weighted by molar-refractivity contribution is 5.78. The van der Waals surface area contributed by atoms with Crippen molar-refractivity contribution in [1.82, 2.24) is 10.2 Å². The first-order valence-electron chi connectivity index (χ1n) is 7.47. The van der Waals surface area contributed by atoms with Gasteiger partial charge in [-0.3, -0.25) is 4.79 Å². The van der Waals surface area contributed by atoms with E-state index in [1.807, 2.05) is 17.9 Å². The third-order valence-electron chi connectivity index (χ3n) is 3.87. The van der Waals surface area contributed by atoms with Gasteiger partial charge < -0.3 is 10.2 Å². The maximum Gasteiger partial charge on any atom is 0.236 e. The van der Waals surface area contributed by atoms with Gasteiger partial charge in [-0.1, -0.05) is 19.1 Å². The number of piperidine rings is 1. The van der Waals surface area contributed by atoms with Crippen LogP contribution in [-0.4, -0.2) is 30.4 Å². The molecule has 1 aromatic carbocycles. The van der Waals surface area contributed by atoms with E-state index in [9.17, 15) is 9.18 Å². The zero-order valence-corrected chi connectivity index (χ0v) is 12.1. The standard InChI is InChI=1S/C16H23FN2O/c1-2-15(13-7-6-8-14(17)11-13)18-12-16(20)19-9-4-3-5-10-19/h6-8,11,15,18H,2-5,9-10,12H2,1H3. The number of halogens is 1. The SMILES string of the molecule is CCC(NCC(=O)N1CCCCC1)c1cccc(F)c1. The molecule has 1 saturated heterocycles. The van der Waals surface area contributed by atoms with E-state index in [1.165, 1.54) is 18.6 Å². The van der Waals surface area contributed by atoms with Crippen LogP contribution in [0.25, 0.3) is 0 Å². The third kappa shape index (κ3) is 4.04. The van der Waals surface area contributed by atoms with Crippen molar-refractivity contribution in [2.75, 3.05) is 19.6 Å². The van der Waals surface area contributed by atoms with E-state index >= 15 is 0 Å². The lowest BCUT2D eigenvalue weighted by molar-refractivity contribution is -0.131. The largest absolute Gasteiger partial charge is 0.342 e. The van der Waals surface area contributed by atoms with E-state index in [0.717, 1.165) is 37.9 Å². The molecule has 110 valence electrons. The van der Waals surface area contributed by atoms with Gasteiger partial charge in [0.1, 0.15) is 5.82 Å². The summed E-state index contributed by atoms with van der Waals surface area (Å²) in [5, 5.41) is 3.25. The van der Waals surface area contributed by atoms with Crippen molar-refractivity contribution in [3.63, 3.8) is 0 Å². The minimum Gasteiger partial charge on any atom is -0.342 e. The molecule has 0 radical (unpaired) electrons. The second-order valence-corrected chi connectivity index (χ2v) is 5.34. The molecule has 1 aliphatic heterocycles. The predicted octanol–water partition coefficient (Wildman–Crippen LogP) is 2.88. The van der Waals surface area contributed by atoms with Crippen molar-refractivity contribution < 1.29 is 9.18 Å². The smallest absolute Gasteiger partial charge is 0.236 e. The molecule has 0 spiro atoms. The van der Waals surface area contributed by atoms with E-state index < -0.39 is 0 Å². The Balaban J connectivity index is 1.88. The van der Waals surface area contributed by atoms with Gasteiger partial charge >= 0.3 is 0 Å². The molecule has 20 heavy (non-hydrogen) atoms. The Bertz CT molecular complexity index is 444. The number of nitrogens with zero attached hydrogens (tertiary/aromatic N) is 1. The zero-order chi connectivity index (χ0) is 14.4. The van der Waals surface area contributed by atoms with Gasteiger partial charge in [0, 0.05) is 19.1 Å². The molecule has 2 rings (SSSR count). The monoisotopic (exact) mass is 278 g/mol. The molecule has 1 aromatic rings. The van der Waals surface area contributed by atoms with Gasteiger partial charge in [0.25, 0.3) is 0 Å². The molecule has 0 saturated carbocycles. The summed E-state index contributed by atoms with van der Waals surface area (Å²) in [6, 6.07) is 6.61. The number of likely N-dealkylation sites (tertiary alicyclic amines) is 1. The van der Waals surface area contributed by atoms with Crippen molar-refractivity contribution in [3.8, 4) is 0 Å². The Kier molecular flexibility index (Phi) is 5.53. The number of carbonyl (C=O) groups is 1. The molecular weight excluding hydrogens is 255 g/mol. The summed E-state index contributed by atoms with van der Waals surface area (Å²) in [6.45, 7) is 4.11. The maximum atomic E-state index is 13.3. The summed E-state index contributed by atoms with van der Waals surface area (Å²) >= 11 is 0. The first-order chi connectivity index (χ1) is 9.70. The molecular formula is C16H23FN2O. The molecule has 0 aliphatic carbocycles. The molecule has 3 nitrogen and oxygen atoms in total. The number of rotatable bonds is 5. The molecule has 1 amide bonds. The third-order valence-corrected chi connectivity index (χ3v) is 3.87. The van der Waals surface area contributed by atoms with Gasteiger partial charge in [-0.2, -0.15) is 0 Å². The summed E-state index contributed by atoms with van der Waals surface area (Å²) in [5.74, 6) is -0.0790. The van der Waals surface area contributed by atoms with E-state index in [1.54, 1.807) is 6.07 Å². The van der Waals surface area contributed by atoms with Crippen molar-refractivity contribution in [3.05, 3.63) is 35.6 Å². The van der Waals surface area contributed by atoms with E-state index in [2.05, 4.69) is 5.32 Å². The fourth-order valence-corrected chi connectivity index (χ4v) is 2.69. The second kappa shape index (κ2) is 7.39.